The number of nitriles is 1. The number of hydrogen-bond acceptors (Lipinski definition) is 2. The van der Waals surface area contributed by atoms with Gasteiger partial charge in [0.1, 0.15) is 5.41 Å². The Morgan fingerprint density at radius 3 is 2.50 bits per heavy atom. The first-order valence-corrected chi connectivity index (χ1v) is 5.35. The van der Waals surface area contributed by atoms with Crippen LogP contribution in [0.1, 0.15) is 12.0 Å². The Kier molecular flexibility index (Phi) is 1.80. The van der Waals surface area contributed by atoms with E-state index in [1.54, 1.807) is 0 Å². The van der Waals surface area contributed by atoms with E-state index in [0.717, 1.165) is 16.3 Å². The number of aliphatic hydroxyl groups is 1. The second-order valence-electron chi connectivity index (χ2n) is 4.37. The van der Waals surface area contributed by atoms with Gasteiger partial charge in [-0.3, -0.25) is 0 Å². The minimum Gasteiger partial charge on any atom is -0.391 e. The van der Waals surface area contributed by atoms with Crippen molar-refractivity contribution in [1.29, 1.82) is 5.26 Å². The molecule has 78 valence electrons. The quantitative estimate of drug-likeness (QED) is 0.783. The van der Waals surface area contributed by atoms with E-state index in [9.17, 15) is 5.11 Å². The average molecular weight is 209 g/mol. The van der Waals surface area contributed by atoms with Gasteiger partial charge in [-0.15, -0.1) is 0 Å². The topological polar surface area (TPSA) is 44.0 Å². The summed E-state index contributed by atoms with van der Waals surface area (Å²) in [6, 6.07) is 16.2. The highest BCUT2D eigenvalue weighted by Crippen LogP contribution is 2.48. The van der Waals surface area contributed by atoms with E-state index in [0.29, 0.717) is 6.42 Å². The predicted octanol–water partition coefficient (Wildman–Crippen LogP) is 2.37. The van der Waals surface area contributed by atoms with Crippen molar-refractivity contribution in [1.82, 2.24) is 0 Å². The lowest BCUT2D eigenvalue weighted by Crippen LogP contribution is -2.09. The molecule has 0 bridgehead atoms. The monoisotopic (exact) mass is 209 g/mol. The lowest BCUT2D eigenvalue weighted by molar-refractivity contribution is 0.260. The molecular weight excluding hydrogens is 198 g/mol. The summed E-state index contributed by atoms with van der Waals surface area (Å²) in [6.45, 7) is 0. The fourth-order valence-corrected chi connectivity index (χ4v) is 2.21. The van der Waals surface area contributed by atoms with Crippen LogP contribution in [-0.2, 0) is 5.41 Å². The molecule has 0 amide bonds. The van der Waals surface area contributed by atoms with Crippen LogP contribution in [0.25, 0.3) is 10.8 Å². The van der Waals surface area contributed by atoms with Gasteiger partial charge >= 0.3 is 0 Å². The third-order valence-corrected chi connectivity index (χ3v) is 3.39. The van der Waals surface area contributed by atoms with Crippen molar-refractivity contribution < 1.29 is 5.11 Å². The zero-order valence-corrected chi connectivity index (χ0v) is 8.72. The fourth-order valence-electron chi connectivity index (χ4n) is 2.21. The van der Waals surface area contributed by atoms with Gasteiger partial charge in [-0.05, 0) is 22.4 Å². The molecule has 2 nitrogen and oxygen atoms in total. The van der Waals surface area contributed by atoms with Gasteiger partial charge in [0.2, 0.25) is 0 Å². The van der Waals surface area contributed by atoms with Crippen molar-refractivity contribution in [3.63, 3.8) is 0 Å². The standard InChI is InChI=1S/C14H11NO/c15-9-14(8-13(14)16)12-6-5-10-3-1-2-4-11(10)7-12/h1-7,13,16H,8H2. The Morgan fingerprint density at radius 1 is 1.19 bits per heavy atom. The fraction of sp³-hybridized carbons (Fsp3) is 0.214. The molecule has 2 unspecified atom stereocenters. The summed E-state index contributed by atoms with van der Waals surface area (Å²) in [5.74, 6) is 0. The van der Waals surface area contributed by atoms with E-state index < -0.39 is 11.5 Å². The van der Waals surface area contributed by atoms with Gasteiger partial charge in [0.05, 0.1) is 12.2 Å². The Morgan fingerprint density at radius 2 is 1.88 bits per heavy atom. The predicted molar refractivity (Wildman–Crippen MR) is 61.9 cm³/mol. The average Bonchev–Trinajstić information content (AvgIpc) is 3.01. The lowest BCUT2D eigenvalue weighted by Gasteiger charge is -2.08. The van der Waals surface area contributed by atoms with E-state index in [1.807, 2.05) is 42.5 Å². The van der Waals surface area contributed by atoms with Gasteiger partial charge in [0.15, 0.2) is 0 Å². The van der Waals surface area contributed by atoms with E-state index in [4.69, 9.17) is 5.26 Å². The van der Waals surface area contributed by atoms with Crippen molar-refractivity contribution in [2.75, 3.05) is 0 Å². The molecule has 2 heteroatoms. The molecule has 2 aromatic rings. The highest BCUT2D eigenvalue weighted by molar-refractivity contribution is 5.83. The van der Waals surface area contributed by atoms with E-state index in [1.165, 1.54) is 0 Å². The number of benzene rings is 2. The zero-order chi connectivity index (χ0) is 11.2. The molecule has 0 radical (unpaired) electrons. The van der Waals surface area contributed by atoms with Gasteiger partial charge in [-0.2, -0.15) is 5.26 Å². The Labute approximate surface area is 93.8 Å². The van der Waals surface area contributed by atoms with Gasteiger partial charge in [0, 0.05) is 6.42 Å². The van der Waals surface area contributed by atoms with Crippen molar-refractivity contribution in [3.05, 3.63) is 48.0 Å². The molecule has 0 aliphatic heterocycles. The van der Waals surface area contributed by atoms with Crippen molar-refractivity contribution >= 4 is 10.8 Å². The molecule has 3 rings (SSSR count). The molecule has 1 fully saturated rings. The van der Waals surface area contributed by atoms with Crippen LogP contribution in [0.15, 0.2) is 42.5 Å². The molecule has 1 aliphatic carbocycles. The second kappa shape index (κ2) is 3.07. The van der Waals surface area contributed by atoms with Gasteiger partial charge < -0.3 is 5.11 Å². The number of rotatable bonds is 1. The second-order valence-corrected chi connectivity index (χ2v) is 4.37. The summed E-state index contributed by atoms with van der Waals surface area (Å²) in [4.78, 5) is 0. The van der Waals surface area contributed by atoms with E-state index >= 15 is 0 Å². The number of hydrogen-bond donors (Lipinski definition) is 1. The minimum absolute atomic E-state index is 0.501. The number of nitrogens with zero attached hydrogens (tertiary/aromatic N) is 1. The Hall–Kier alpha value is -1.85. The van der Waals surface area contributed by atoms with Gasteiger partial charge in [-0.25, -0.2) is 0 Å². The van der Waals surface area contributed by atoms with Crippen LogP contribution in [0.2, 0.25) is 0 Å². The summed E-state index contributed by atoms with van der Waals surface area (Å²) >= 11 is 0. The first kappa shape index (κ1) is 9.38. The van der Waals surface area contributed by atoms with Crippen molar-refractivity contribution in [3.8, 4) is 6.07 Å². The lowest BCUT2D eigenvalue weighted by atomic mass is 9.94. The zero-order valence-electron chi connectivity index (χ0n) is 8.72. The van der Waals surface area contributed by atoms with E-state index in [2.05, 4.69) is 6.07 Å². The number of fused-ring (bicyclic) bond motifs is 1. The Balaban J connectivity index is 2.17. The van der Waals surface area contributed by atoms with Crippen molar-refractivity contribution in [2.24, 2.45) is 0 Å². The summed E-state index contributed by atoms with van der Waals surface area (Å²) in [5.41, 5.74) is 0.283. The molecule has 2 aromatic carbocycles. The minimum atomic E-state index is -0.649. The third-order valence-electron chi connectivity index (χ3n) is 3.39. The van der Waals surface area contributed by atoms with Crippen LogP contribution >= 0.6 is 0 Å². The van der Waals surface area contributed by atoms with E-state index in [-0.39, 0.29) is 0 Å². The van der Waals surface area contributed by atoms with Crippen LogP contribution in [0, 0.1) is 11.3 Å². The maximum atomic E-state index is 9.58. The molecule has 16 heavy (non-hydrogen) atoms. The smallest absolute Gasteiger partial charge is 0.111 e. The van der Waals surface area contributed by atoms with Gasteiger partial charge in [0.25, 0.3) is 0 Å². The largest absolute Gasteiger partial charge is 0.391 e. The molecule has 1 N–H and O–H groups in total. The summed E-state index contributed by atoms with van der Waals surface area (Å²) in [7, 11) is 0. The molecule has 1 aliphatic rings. The first-order chi connectivity index (χ1) is 7.76. The maximum Gasteiger partial charge on any atom is 0.111 e. The summed E-state index contributed by atoms with van der Waals surface area (Å²) in [5, 5.41) is 21.0. The van der Waals surface area contributed by atoms with Crippen LogP contribution in [0.3, 0.4) is 0 Å². The van der Waals surface area contributed by atoms with Crippen molar-refractivity contribution in [2.45, 2.75) is 17.9 Å². The van der Waals surface area contributed by atoms with Crippen LogP contribution in [0.4, 0.5) is 0 Å². The molecule has 0 saturated heterocycles. The molecule has 2 atom stereocenters. The maximum absolute atomic E-state index is 9.58. The summed E-state index contributed by atoms with van der Waals surface area (Å²) < 4.78 is 0. The number of aliphatic hydroxyl groups excluding tert-OH is 1. The SMILES string of the molecule is N#CC1(c2ccc3ccccc3c2)CC1O. The van der Waals surface area contributed by atoms with Crippen LogP contribution < -0.4 is 0 Å². The van der Waals surface area contributed by atoms with Crippen LogP contribution in [0.5, 0.6) is 0 Å². The molecule has 0 aromatic heterocycles. The first-order valence-electron chi connectivity index (χ1n) is 5.35. The highest BCUT2D eigenvalue weighted by Gasteiger charge is 2.55. The molecule has 1 saturated carbocycles. The molecule has 0 spiro atoms. The Bertz CT molecular complexity index is 599. The van der Waals surface area contributed by atoms with Gasteiger partial charge in [-0.1, -0.05) is 36.4 Å². The molecular formula is C14H11NO. The normalized spacial score (nSPS) is 27.6. The summed E-state index contributed by atoms with van der Waals surface area (Å²) in [6.07, 6.45) is 0.0561. The third kappa shape index (κ3) is 1.16. The molecule has 0 heterocycles. The van der Waals surface area contributed by atoms with Crippen LogP contribution in [-0.4, -0.2) is 11.2 Å². The highest BCUT2D eigenvalue weighted by atomic mass is 16.3.